The van der Waals surface area contributed by atoms with Crippen molar-refractivity contribution in [3.63, 3.8) is 0 Å². The number of carbonyl (C=O) groups excluding carboxylic acids is 1. The van der Waals surface area contributed by atoms with Gasteiger partial charge in [0.05, 0.1) is 19.0 Å². The molecule has 0 bridgehead atoms. The van der Waals surface area contributed by atoms with Crippen LogP contribution in [-0.4, -0.2) is 32.8 Å². The minimum absolute atomic E-state index is 0.366. The molecule has 0 saturated carbocycles. The second kappa shape index (κ2) is 6.31. The molecule has 0 aliphatic heterocycles. The number of benzene rings is 1. The average molecular weight is 312 g/mol. The predicted molar refractivity (Wildman–Crippen MR) is 83.7 cm³/mol. The van der Waals surface area contributed by atoms with E-state index in [2.05, 4.69) is 19.8 Å². The summed E-state index contributed by atoms with van der Waals surface area (Å²) in [7, 11) is 1.36. The summed E-state index contributed by atoms with van der Waals surface area (Å²) in [5.74, 6) is -0.366. The maximum atomic E-state index is 11.4. The highest BCUT2D eigenvalue weighted by molar-refractivity contribution is 7.14. The van der Waals surface area contributed by atoms with E-state index in [1.54, 1.807) is 11.0 Å². The molecule has 0 aliphatic rings. The molecule has 2 aromatic heterocycles. The van der Waals surface area contributed by atoms with Crippen LogP contribution in [0.25, 0.3) is 17.8 Å². The number of carbonyl (C=O) groups is 1. The molecule has 110 valence electrons. The number of rotatable bonds is 4. The molecule has 7 heteroatoms. The summed E-state index contributed by atoms with van der Waals surface area (Å²) < 4.78 is 6.35. The molecule has 0 N–H and O–H groups in total. The van der Waals surface area contributed by atoms with E-state index in [-0.39, 0.29) is 5.97 Å². The van der Waals surface area contributed by atoms with Gasteiger partial charge in [-0.2, -0.15) is 5.10 Å². The van der Waals surface area contributed by atoms with Crippen LogP contribution in [0.5, 0.6) is 0 Å². The first-order valence-electron chi connectivity index (χ1n) is 6.43. The van der Waals surface area contributed by atoms with Gasteiger partial charge in [0, 0.05) is 0 Å². The maximum absolute atomic E-state index is 11.4. The Morgan fingerprint density at radius 3 is 2.77 bits per heavy atom. The molecule has 1 aromatic carbocycles. The van der Waals surface area contributed by atoms with Gasteiger partial charge in [-0.25, -0.2) is 19.4 Å². The lowest BCUT2D eigenvalue weighted by molar-refractivity contribution is 0.0606. The molecule has 0 fully saturated rings. The zero-order valence-electron chi connectivity index (χ0n) is 11.7. The van der Waals surface area contributed by atoms with Crippen LogP contribution in [0, 0.1) is 0 Å². The lowest BCUT2D eigenvalue weighted by Crippen LogP contribution is -1.96. The van der Waals surface area contributed by atoms with Crippen molar-refractivity contribution in [1.82, 2.24) is 19.7 Å². The van der Waals surface area contributed by atoms with Crippen LogP contribution in [-0.2, 0) is 4.74 Å². The Kier molecular flexibility index (Phi) is 4.06. The van der Waals surface area contributed by atoms with Gasteiger partial charge in [-0.3, -0.25) is 0 Å². The van der Waals surface area contributed by atoms with Gasteiger partial charge in [0.1, 0.15) is 22.5 Å². The highest BCUT2D eigenvalue weighted by atomic mass is 32.1. The minimum Gasteiger partial charge on any atom is -0.465 e. The van der Waals surface area contributed by atoms with Crippen molar-refractivity contribution in [2.45, 2.75) is 0 Å². The van der Waals surface area contributed by atoms with E-state index in [0.717, 1.165) is 16.3 Å². The van der Waals surface area contributed by atoms with Crippen LogP contribution in [0.4, 0.5) is 0 Å². The van der Waals surface area contributed by atoms with E-state index in [4.69, 9.17) is 0 Å². The molecule has 22 heavy (non-hydrogen) atoms. The standard InChI is InChI=1S/C15H12N4O2S/c1-21-15(20)13-8-17-14(22-13)7-4-11-2-5-12(6-3-11)19-10-16-9-18-19/h2-10H,1H3. The van der Waals surface area contributed by atoms with Crippen molar-refractivity contribution in [3.05, 3.63) is 58.6 Å². The molecule has 3 aromatic rings. The quantitative estimate of drug-likeness (QED) is 0.693. The highest BCUT2D eigenvalue weighted by Crippen LogP contribution is 2.17. The number of aromatic nitrogens is 4. The van der Waals surface area contributed by atoms with Crippen LogP contribution in [0.1, 0.15) is 20.2 Å². The topological polar surface area (TPSA) is 69.9 Å². The number of thiazole rings is 1. The fraction of sp³-hybridized carbons (Fsp3) is 0.0667. The molecule has 0 spiro atoms. The van der Waals surface area contributed by atoms with Gasteiger partial charge in [0.25, 0.3) is 0 Å². The normalized spacial score (nSPS) is 11.0. The minimum atomic E-state index is -0.366. The number of ether oxygens (including phenoxy) is 1. The second-order valence-electron chi connectivity index (χ2n) is 4.32. The van der Waals surface area contributed by atoms with E-state index >= 15 is 0 Å². The van der Waals surface area contributed by atoms with Crippen molar-refractivity contribution >= 4 is 29.5 Å². The molecule has 2 heterocycles. The molecule has 6 nitrogen and oxygen atoms in total. The summed E-state index contributed by atoms with van der Waals surface area (Å²) in [5, 5.41) is 4.82. The predicted octanol–water partition coefficient (Wildman–Crippen LogP) is 2.68. The van der Waals surface area contributed by atoms with Crippen molar-refractivity contribution in [2.75, 3.05) is 7.11 Å². The Morgan fingerprint density at radius 1 is 1.27 bits per heavy atom. The second-order valence-corrected chi connectivity index (χ2v) is 5.38. The van der Waals surface area contributed by atoms with Crippen LogP contribution in [0.2, 0.25) is 0 Å². The van der Waals surface area contributed by atoms with Crippen LogP contribution < -0.4 is 0 Å². The summed E-state index contributed by atoms with van der Waals surface area (Å²) in [4.78, 5) is 19.9. The molecule has 3 rings (SSSR count). The summed E-state index contributed by atoms with van der Waals surface area (Å²) in [6.45, 7) is 0. The van der Waals surface area contributed by atoms with Gasteiger partial charge in [-0.1, -0.05) is 18.2 Å². The highest BCUT2D eigenvalue weighted by Gasteiger charge is 2.08. The Labute approximate surface area is 130 Å². The lowest BCUT2D eigenvalue weighted by Gasteiger charge is -2.00. The third-order valence-electron chi connectivity index (χ3n) is 2.90. The SMILES string of the molecule is COC(=O)c1cnc(C=Cc2ccc(-n3cncn3)cc2)s1. The number of hydrogen-bond donors (Lipinski definition) is 0. The summed E-state index contributed by atoms with van der Waals surface area (Å²) in [5.41, 5.74) is 1.97. The van der Waals surface area contributed by atoms with Crippen molar-refractivity contribution in [1.29, 1.82) is 0 Å². The van der Waals surface area contributed by atoms with Gasteiger partial charge < -0.3 is 4.74 Å². The van der Waals surface area contributed by atoms with Crippen molar-refractivity contribution in [3.8, 4) is 5.69 Å². The Hall–Kier alpha value is -2.80. The third-order valence-corrected chi connectivity index (χ3v) is 3.85. The number of hydrogen-bond acceptors (Lipinski definition) is 6. The Bertz CT molecular complexity index is 791. The van der Waals surface area contributed by atoms with E-state index < -0.39 is 0 Å². The van der Waals surface area contributed by atoms with E-state index in [0.29, 0.717) is 4.88 Å². The summed E-state index contributed by atoms with van der Waals surface area (Å²) in [6.07, 6.45) is 8.46. The van der Waals surface area contributed by atoms with Gasteiger partial charge >= 0.3 is 5.97 Å². The van der Waals surface area contributed by atoms with Crippen LogP contribution in [0.15, 0.2) is 43.1 Å². The zero-order chi connectivity index (χ0) is 15.4. The molecular formula is C15H12N4O2S. The molecule has 0 unspecified atom stereocenters. The fourth-order valence-electron chi connectivity index (χ4n) is 1.81. The summed E-state index contributed by atoms with van der Waals surface area (Å²) in [6, 6.07) is 7.86. The number of esters is 1. The van der Waals surface area contributed by atoms with Crippen molar-refractivity contribution in [2.24, 2.45) is 0 Å². The van der Waals surface area contributed by atoms with Gasteiger partial charge in [0.15, 0.2) is 0 Å². The zero-order valence-corrected chi connectivity index (χ0v) is 12.5. The van der Waals surface area contributed by atoms with E-state index in [9.17, 15) is 4.79 Å². The fourth-order valence-corrected chi connectivity index (χ4v) is 2.55. The Balaban J connectivity index is 1.72. The molecule has 0 atom stereocenters. The largest absolute Gasteiger partial charge is 0.465 e. The van der Waals surface area contributed by atoms with Crippen molar-refractivity contribution < 1.29 is 9.53 Å². The maximum Gasteiger partial charge on any atom is 0.349 e. The first kappa shape index (κ1) is 14.2. The van der Waals surface area contributed by atoms with Gasteiger partial charge in [-0.05, 0) is 23.8 Å². The average Bonchev–Trinajstić information content (AvgIpc) is 3.24. The molecular weight excluding hydrogens is 300 g/mol. The van der Waals surface area contributed by atoms with Gasteiger partial charge in [-0.15, -0.1) is 11.3 Å². The molecule has 0 amide bonds. The van der Waals surface area contributed by atoms with E-state index in [1.807, 2.05) is 36.4 Å². The van der Waals surface area contributed by atoms with Crippen LogP contribution >= 0.6 is 11.3 Å². The van der Waals surface area contributed by atoms with Gasteiger partial charge in [0.2, 0.25) is 0 Å². The Morgan fingerprint density at radius 2 is 2.09 bits per heavy atom. The smallest absolute Gasteiger partial charge is 0.349 e. The number of nitrogens with zero attached hydrogens (tertiary/aromatic N) is 4. The first-order chi connectivity index (χ1) is 10.8. The molecule has 0 saturated heterocycles. The van der Waals surface area contributed by atoms with Crippen LogP contribution in [0.3, 0.4) is 0 Å². The molecule has 0 radical (unpaired) electrons. The van der Waals surface area contributed by atoms with E-state index in [1.165, 1.54) is 31.0 Å². The monoisotopic (exact) mass is 312 g/mol. The molecule has 0 aliphatic carbocycles. The summed E-state index contributed by atoms with van der Waals surface area (Å²) >= 11 is 1.29. The number of methoxy groups -OCH3 is 1. The third kappa shape index (κ3) is 3.09. The first-order valence-corrected chi connectivity index (χ1v) is 7.25. The lowest BCUT2D eigenvalue weighted by atomic mass is 10.2.